The summed E-state index contributed by atoms with van der Waals surface area (Å²) >= 11 is 0. The largest absolute Gasteiger partial charge is 0.524 e. The maximum Gasteiger partial charge on any atom is 0.524 e. The Morgan fingerprint density at radius 3 is 2.08 bits per heavy atom. The van der Waals surface area contributed by atoms with Gasteiger partial charge >= 0.3 is 13.2 Å². The van der Waals surface area contributed by atoms with Crippen LogP contribution in [0.1, 0.15) is 54.9 Å². The maximum absolute atomic E-state index is 14.5. The molecule has 1 N–H and O–H groups in total. The van der Waals surface area contributed by atoms with Crippen molar-refractivity contribution < 1.29 is 32.0 Å². The quantitative estimate of drug-likeness (QED) is 0.748. The topological polar surface area (TPSA) is 56.8 Å². The second-order valence-corrected chi connectivity index (χ2v) is 8.02. The highest BCUT2D eigenvalue weighted by atomic mass is 19.3. The number of ether oxygens (including phenoxy) is 1. The van der Waals surface area contributed by atoms with Crippen LogP contribution < -0.4 is 5.32 Å². The van der Waals surface area contributed by atoms with Gasteiger partial charge in [0.15, 0.2) is 0 Å². The minimum atomic E-state index is -2.73. The lowest BCUT2D eigenvalue weighted by molar-refractivity contribution is 0.00578. The average Bonchev–Trinajstić information content (AvgIpc) is 2.54. The van der Waals surface area contributed by atoms with Gasteiger partial charge in [-0.1, -0.05) is 0 Å². The van der Waals surface area contributed by atoms with Crippen LogP contribution in [0.3, 0.4) is 0 Å². The molecule has 0 bridgehead atoms. The Morgan fingerprint density at radius 2 is 1.68 bits per heavy atom. The molecule has 1 saturated heterocycles. The number of nitrogens with one attached hydrogen (secondary N) is 1. The first-order valence-corrected chi connectivity index (χ1v) is 8.13. The first kappa shape index (κ1) is 21.8. The van der Waals surface area contributed by atoms with Gasteiger partial charge < -0.3 is 19.4 Å². The molecule has 5 nitrogen and oxygen atoms in total. The van der Waals surface area contributed by atoms with Gasteiger partial charge in [-0.05, 0) is 54.5 Å². The molecular weight excluding hydrogens is 338 g/mol. The molecule has 1 aliphatic heterocycles. The highest BCUT2D eigenvalue weighted by Crippen LogP contribution is 2.38. The van der Waals surface area contributed by atoms with Gasteiger partial charge in [-0.25, -0.2) is 18.0 Å². The van der Waals surface area contributed by atoms with Crippen LogP contribution in [0.2, 0.25) is 0 Å². The van der Waals surface area contributed by atoms with E-state index >= 15 is 0 Å². The van der Waals surface area contributed by atoms with Crippen molar-refractivity contribution in [3.8, 4) is 0 Å². The molecule has 0 spiro atoms. The summed E-state index contributed by atoms with van der Waals surface area (Å²) in [7, 11) is -1.31. The lowest BCUT2D eigenvalue weighted by Gasteiger charge is -2.32. The smallest absolute Gasteiger partial charge is 0.444 e. The molecule has 1 unspecified atom stereocenters. The van der Waals surface area contributed by atoms with Crippen LogP contribution in [0.25, 0.3) is 0 Å². The molecular formula is C16H27BF3NO4. The summed E-state index contributed by atoms with van der Waals surface area (Å²) in [5, 5.41) is 2.23. The van der Waals surface area contributed by atoms with E-state index in [1.807, 2.05) is 0 Å². The normalized spacial score (nSPS) is 21.4. The zero-order valence-electron chi connectivity index (χ0n) is 15.8. The molecule has 1 amide bonds. The second kappa shape index (κ2) is 7.57. The first-order chi connectivity index (χ1) is 11.1. The Balaban J connectivity index is 2.86. The number of hydrogen-bond acceptors (Lipinski definition) is 4. The molecule has 1 aliphatic rings. The van der Waals surface area contributed by atoms with Crippen LogP contribution in [-0.4, -0.2) is 42.5 Å². The monoisotopic (exact) mass is 365 g/mol. The third kappa shape index (κ3) is 6.54. The summed E-state index contributed by atoms with van der Waals surface area (Å²) < 4.78 is 56.0. The van der Waals surface area contributed by atoms with Crippen LogP contribution in [0.15, 0.2) is 11.8 Å². The molecule has 1 atom stereocenters. The van der Waals surface area contributed by atoms with Crippen LogP contribution in [0, 0.1) is 0 Å². The van der Waals surface area contributed by atoms with Gasteiger partial charge in [0.25, 0.3) is 0 Å². The fourth-order valence-corrected chi connectivity index (χ4v) is 2.05. The van der Waals surface area contributed by atoms with E-state index < -0.39 is 54.6 Å². The van der Waals surface area contributed by atoms with E-state index in [2.05, 4.69) is 5.32 Å². The summed E-state index contributed by atoms with van der Waals surface area (Å²) in [6.45, 7) is 11.9. The van der Waals surface area contributed by atoms with E-state index in [0.29, 0.717) is 0 Å². The van der Waals surface area contributed by atoms with Crippen molar-refractivity contribution in [1.29, 1.82) is 0 Å². The van der Waals surface area contributed by atoms with Gasteiger partial charge in [0.05, 0.1) is 17.2 Å². The molecule has 1 fully saturated rings. The summed E-state index contributed by atoms with van der Waals surface area (Å²) in [6.07, 6.45) is -3.52. The molecule has 0 aromatic rings. The second-order valence-electron chi connectivity index (χ2n) is 8.02. The van der Waals surface area contributed by atoms with E-state index in [-0.39, 0.29) is 0 Å². The lowest BCUT2D eigenvalue weighted by Crippen LogP contribution is -2.41. The predicted octanol–water partition coefficient (Wildman–Crippen LogP) is 4.02. The summed E-state index contributed by atoms with van der Waals surface area (Å²) in [6, 6.07) is -1.26. The molecule has 1 rings (SSSR count). The SMILES string of the molecule is CC(C)(C)OC(=O)NC(C=C(F)B1OC(C)(C)C(C)(C)O1)CC(F)F. The molecule has 144 valence electrons. The summed E-state index contributed by atoms with van der Waals surface area (Å²) in [5.41, 5.74) is -3.20. The first-order valence-electron chi connectivity index (χ1n) is 8.13. The zero-order valence-corrected chi connectivity index (χ0v) is 15.8. The Morgan fingerprint density at radius 1 is 1.20 bits per heavy atom. The van der Waals surface area contributed by atoms with E-state index in [9.17, 15) is 18.0 Å². The van der Waals surface area contributed by atoms with E-state index in [0.717, 1.165) is 6.08 Å². The standard InChI is InChI=1S/C16H27BF3NO4/c1-14(2,3)23-13(22)21-10(9-12(19)20)8-11(18)17-24-15(4,5)16(6,7)25-17/h8,10,12H,9H2,1-7H3,(H,21,22). The highest BCUT2D eigenvalue weighted by molar-refractivity contribution is 6.53. The third-order valence-corrected chi connectivity index (χ3v) is 3.97. The molecule has 0 aromatic carbocycles. The average molecular weight is 365 g/mol. The zero-order chi connectivity index (χ0) is 19.6. The Bertz CT molecular complexity index is 502. The molecule has 0 radical (unpaired) electrons. The maximum atomic E-state index is 14.5. The fraction of sp³-hybridized carbons (Fsp3) is 0.812. The molecule has 0 aliphatic carbocycles. The minimum Gasteiger partial charge on any atom is -0.444 e. The van der Waals surface area contributed by atoms with Gasteiger partial charge in [0, 0.05) is 6.42 Å². The Hall–Kier alpha value is -1.22. The number of halogens is 3. The van der Waals surface area contributed by atoms with Crippen LogP contribution >= 0.6 is 0 Å². The fourth-order valence-electron chi connectivity index (χ4n) is 2.05. The van der Waals surface area contributed by atoms with Gasteiger partial charge in [0.1, 0.15) is 11.3 Å². The number of amides is 1. The van der Waals surface area contributed by atoms with Gasteiger partial charge in [-0.3, -0.25) is 0 Å². The van der Waals surface area contributed by atoms with E-state index in [1.165, 1.54) is 0 Å². The highest BCUT2D eigenvalue weighted by Gasteiger charge is 2.53. The third-order valence-electron chi connectivity index (χ3n) is 3.97. The predicted molar refractivity (Wildman–Crippen MR) is 89.1 cm³/mol. The number of hydrogen-bond donors (Lipinski definition) is 1. The van der Waals surface area contributed by atoms with Gasteiger partial charge in [-0.2, -0.15) is 0 Å². The van der Waals surface area contributed by atoms with E-state index in [4.69, 9.17) is 14.0 Å². The molecule has 25 heavy (non-hydrogen) atoms. The molecule has 0 saturated carbocycles. The minimum absolute atomic E-state index is 0.758. The van der Waals surface area contributed by atoms with Crippen molar-refractivity contribution in [1.82, 2.24) is 5.32 Å². The van der Waals surface area contributed by atoms with E-state index in [1.54, 1.807) is 48.5 Å². The van der Waals surface area contributed by atoms with Crippen molar-refractivity contribution in [2.45, 2.75) is 84.2 Å². The Kier molecular flexibility index (Phi) is 6.61. The number of carbonyl (C=O) groups is 1. The van der Waals surface area contributed by atoms with Crippen molar-refractivity contribution in [3.63, 3.8) is 0 Å². The number of carbonyl (C=O) groups excluding carboxylic acids is 1. The summed E-state index contributed by atoms with van der Waals surface area (Å²) in [5.74, 6) is 0. The Labute approximate surface area is 147 Å². The lowest BCUT2D eigenvalue weighted by atomic mass is 9.86. The van der Waals surface area contributed by atoms with Crippen molar-refractivity contribution >= 4 is 13.2 Å². The molecule has 1 heterocycles. The van der Waals surface area contributed by atoms with Gasteiger partial charge in [0.2, 0.25) is 6.43 Å². The van der Waals surface area contributed by atoms with Crippen LogP contribution in [0.4, 0.5) is 18.0 Å². The van der Waals surface area contributed by atoms with Gasteiger partial charge in [-0.15, -0.1) is 0 Å². The number of alkyl halides is 2. The van der Waals surface area contributed by atoms with Crippen LogP contribution in [0.5, 0.6) is 0 Å². The number of rotatable bonds is 5. The summed E-state index contributed by atoms with van der Waals surface area (Å²) in [4.78, 5) is 11.8. The van der Waals surface area contributed by atoms with Crippen molar-refractivity contribution in [3.05, 3.63) is 11.8 Å². The van der Waals surface area contributed by atoms with Crippen molar-refractivity contribution in [2.24, 2.45) is 0 Å². The number of alkyl carbamates (subject to hydrolysis) is 1. The molecule has 0 aromatic heterocycles. The van der Waals surface area contributed by atoms with Crippen molar-refractivity contribution in [2.75, 3.05) is 0 Å². The van der Waals surface area contributed by atoms with Crippen LogP contribution in [-0.2, 0) is 14.0 Å². The molecule has 9 heteroatoms.